The first-order valence-electron chi connectivity index (χ1n) is 6.43. The van der Waals surface area contributed by atoms with Gasteiger partial charge >= 0.3 is 0 Å². The van der Waals surface area contributed by atoms with E-state index in [2.05, 4.69) is 13.0 Å². The maximum absolute atomic E-state index is 10.7. The minimum absolute atomic E-state index is 0.577. The van der Waals surface area contributed by atoms with Crippen LogP contribution in [0.15, 0.2) is 42.5 Å². The summed E-state index contributed by atoms with van der Waals surface area (Å²) in [5, 5.41) is 11.5. The van der Waals surface area contributed by atoms with Gasteiger partial charge in [-0.25, -0.2) is 0 Å². The van der Waals surface area contributed by atoms with E-state index in [1.54, 1.807) is 0 Å². The quantitative estimate of drug-likeness (QED) is 0.879. The van der Waals surface area contributed by atoms with Gasteiger partial charge in [0.15, 0.2) is 0 Å². The second kappa shape index (κ2) is 5.36. The molecule has 2 rings (SSSR count). The van der Waals surface area contributed by atoms with Crippen LogP contribution in [0.3, 0.4) is 0 Å². The second-order valence-electron chi connectivity index (χ2n) is 5.40. The molecule has 0 heterocycles. The molecule has 0 aromatic heterocycles. The fourth-order valence-corrected chi connectivity index (χ4v) is 2.64. The number of rotatable bonds is 3. The molecule has 0 fully saturated rings. The van der Waals surface area contributed by atoms with Crippen molar-refractivity contribution in [1.29, 1.82) is 0 Å². The lowest BCUT2D eigenvalue weighted by Gasteiger charge is -2.26. The van der Waals surface area contributed by atoms with Crippen LogP contribution in [0.1, 0.15) is 29.2 Å². The third-order valence-electron chi connectivity index (χ3n) is 3.42. The lowest BCUT2D eigenvalue weighted by molar-refractivity contribution is 0.0570. The van der Waals surface area contributed by atoms with Crippen molar-refractivity contribution in [1.82, 2.24) is 0 Å². The van der Waals surface area contributed by atoms with Crippen molar-refractivity contribution in [3.8, 4) is 0 Å². The molecule has 1 nitrogen and oxygen atoms in total. The molecule has 1 unspecified atom stereocenters. The standard InChI is InChI=1S/C17H19ClO/c1-12-4-9-16(13(2)10-12)17(3,19)11-14-5-7-15(18)8-6-14/h4-10,19H,11H2,1-3H3. The lowest BCUT2D eigenvalue weighted by Crippen LogP contribution is -2.25. The highest BCUT2D eigenvalue weighted by atomic mass is 35.5. The van der Waals surface area contributed by atoms with E-state index in [0.29, 0.717) is 6.42 Å². The number of hydrogen-bond donors (Lipinski definition) is 1. The van der Waals surface area contributed by atoms with Gasteiger partial charge < -0.3 is 5.11 Å². The first-order chi connectivity index (χ1) is 8.88. The molecular weight excluding hydrogens is 256 g/mol. The zero-order valence-electron chi connectivity index (χ0n) is 11.6. The average Bonchev–Trinajstić information content (AvgIpc) is 2.31. The van der Waals surface area contributed by atoms with Crippen molar-refractivity contribution in [2.75, 3.05) is 0 Å². The highest BCUT2D eigenvalue weighted by molar-refractivity contribution is 6.30. The Balaban J connectivity index is 2.29. The maximum Gasteiger partial charge on any atom is 0.0911 e. The van der Waals surface area contributed by atoms with Gasteiger partial charge in [0.2, 0.25) is 0 Å². The fraction of sp³-hybridized carbons (Fsp3) is 0.294. The van der Waals surface area contributed by atoms with E-state index in [4.69, 9.17) is 11.6 Å². The van der Waals surface area contributed by atoms with Gasteiger partial charge in [-0.05, 0) is 49.6 Å². The van der Waals surface area contributed by atoms with E-state index in [0.717, 1.165) is 21.7 Å². The molecule has 100 valence electrons. The van der Waals surface area contributed by atoms with E-state index in [9.17, 15) is 5.11 Å². The van der Waals surface area contributed by atoms with Crippen LogP contribution in [0.4, 0.5) is 0 Å². The van der Waals surface area contributed by atoms with Gasteiger partial charge in [0.05, 0.1) is 5.60 Å². The summed E-state index contributed by atoms with van der Waals surface area (Å²) < 4.78 is 0. The Labute approximate surface area is 119 Å². The van der Waals surface area contributed by atoms with E-state index >= 15 is 0 Å². The van der Waals surface area contributed by atoms with E-state index in [1.807, 2.05) is 50.2 Å². The van der Waals surface area contributed by atoms with Crippen LogP contribution < -0.4 is 0 Å². The molecule has 0 aliphatic heterocycles. The maximum atomic E-state index is 10.7. The normalized spacial score (nSPS) is 14.2. The van der Waals surface area contributed by atoms with E-state index in [1.165, 1.54) is 5.56 Å². The third-order valence-corrected chi connectivity index (χ3v) is 3.68. The predicted molar refractivity (Wildman–Crippen MR) is 80.6 cm³/mol. The smallest absolute Gasteiger partial charge is 0.0911 e. The molecule has 0 aliphatic rings. The zero-order chi connectivity index (χ0) is 14.0. The fourth-order valence-electron chi connectivity index (χ4n) is 2.51. The summed E-state index contributed by atoms with van der Waals surface area (Å²) in [5.74, 6) is 0. The Morgan fingerprint density at radius 1 is 1.05 bits per heavy atom. The van der Waals surface area contributed by atoms with Gasteiger partial charge in [0, 0.05) is 11.4 Å². The summed E-state index contributed by atoms with van der Waals surface area (Å²) in [6.45, 7) is 5.96. The van der Waals surface area contributed by atoms with Gasteiger partial charge in [-0.15, -0.1) is 0 Å². The Bertz CT molecular complexity index is 570. The van der Waals surface area contributed by atoms with Crippen LogP contribution in [0.2, 0.25) is 5.02 Å². The first-order valence-corrected chi connectivity index (χ1v) is 6.81. The van der Waals surface area contributed by atoms with Crippen molar-refractivity contribution in [3.05, 3.63) is 69.7 Å². The molecule has 2 aromatic carbocycles. The number of hydrogen-bond acceptors (Lipinski definition) is 1. The minimum atomic E-state index is -0.869. The molecular formula is C17H19ClO. The Morgan fingerprint density at radius 3 is 2.26 bits per heavy atom. The van der Waals surface area contributed by atoms with Gasteiger partial charge in [-0.2, -0.15) is 0 Å². The molecule has 0 radical (unpaired) electrons. The monoisotopic (exact) mass is 274 g/mol. The van der Waals surface area contributed by atoms with Crippen LogP contribution in [-0.4, -0.2) is 5.11 Å². The number of aryl methyl sites for hydroxylation is 2. The van der Waals surface area contributed by atoms with Crippen molar-refractivity contribution < 1.29 is 5.11 Å². The predicted octanol–water partition coefficient (Wildman–Crippen LogP) is 4.41. The van der Waals surface area contributed by atoms with Crippen LogP contribution in [0, 0.1) is 13.8 Å². The number of benzene rings is 2. The van der Waals surface area contributed by atoms with Gasteiger partial charge in [0.25, 0.3) is 0 Å². The Morgan fingerprint density at radius 2 is 1.68 bits per heavy atom. The van der Waals surface area contributed by atoms with E-state index < -0.39 is 5.60 Å². The van der Waals surface area contributed by atoms with Crippen LogP contribution in [0.5, 0.6) is 0 Å². The van der Waals surface area contributed by atoms with Crippen molar-refractivity contribution in [3.63, 3.8) is 0 Å². The van der Waals surface area contributed by atoms with Crippen LogP contribution >= 0.6 is 11.6 Å². The molecule has 1 N–H and O–H groups in total. The minimum Gasteiger partial charge on any atom is -0.385 e. The molecule has 1 atom stereocenters. The van der Waals surface area contributed by atoms with Crippen LogP contribution in [-0.2, 0) is 12.0 Å². The molecule has 0 aliphatic carbocycles. The van der Waals surface area contributed by atoms with Crippen molar-refractivity contribution in [2.24, 2.45) is 0 Å². The lowest BCUT2D eigenvalue weighted by atomic mass is 9.86. The largest absolute Gasteiger partial charge is 0.385 e. The molecule has 0 saturated heterocycles. The molecule has 0 amide bonds. The summed E-state index contributed by atoms with van der Waals surface area (Å²) in [5.41, 5.74) is 3.52. The molecule has 0 spiro atoms. The van der Waals surface area contributed by atoms with Gasteiger partial charge in [-0.3, -0.25) is 0 Å². The Hall–Kier alpha value is -1.31. The van der Waals surface area contributed by atoms with Crippen molar-refractivity contribution >= 4 is 11.6 Å². The molecule has 2 aromatic rings. The number of halogens is 1. The number of aliphatic hydroxyl groups is 1. The van der Waals surface area contributed by atoms with E-state index in [-0.39, 0.29) is 0 Å². The van der Waals surface area contributed by atoms with Crippen molar-refractivity contribution in [2.45, 2.75) is 32.8 Å². The highest BCUT2D eigenvalue weighted by Crippen LogP contribution is 2.28. The summed E-state index contributed by atoms with van der Waals surface area (Å²) >= 11 is 5.88. The topological polar surface area (TPSA) is 20.2 Å². The van der Waals surface area contributed by atoms with Crippen LogP contribution in [0.25, 0.3) is 0 Å². The van der Waals surface area contributed by atoms with Gasteiger partial charge in [0.1, 0.15) is 0 Å². The second-order valence-corrected chi connectivity index (χ2v) is 5.83. The summed E-state index contributed by atoms with van der Waals surface area (Å²) in [4.78, 5) is 0. The summed E-state index contributed by atoms with van der Waals surface area (Å²) in [6, 6.07) is 13.8. The average molecular weight is 275 g/mol. The summed E-state index contributed by atoms with van der Waals surface area (Å²) in [7, 11) is 0. The molecule has 0 bridgehead atoms. The molecule has 19 heavy (non-hydrogen) atoms. The summed E-state index contributed by atoms with van der Waals surface area (Å²) in [6.07, 6.45) is 0.577. The Kier molecular flexibility index (Phi) is 3.98. The molecule has 2 heteroatoms. The zero-order valence-corrected chi connectivity index (χ0v) is 12.3. The third kappa shape index (κ3) is 3.37. The molecule has 0 saturated carbocycles. The van der Waals surface area contributed by atoms with Gasteiger partial charge in [-0.1, -0.05) is 47.5 Å². The highest BCUT2D eigenvalue weighted by Gasteiger charge is 2.25. The SMILES string of the molecule is Cc1ccc(C(C)(O)Cc2ccc(Cl)cc2)c(C)c1. The first kappa shape index (κ1) is 14.1.